The van der Waals surface area contributed by atoms with Crippen molar-refractivity contribution in [1.29, 1.82) is 0 Å². The number of imidazole rings is 1. The highest BCUT2D eigenvalue weighted by Gasteiger charge is 2.52. The number of nitrogens with two attached hydrogens (primary N) is 1. The minimum atomic E-state index is -1.78. The summed E-state index contributed by atoms with van der Waals surface area (Å²) in [5, 5.41) is 19.5. The Morgan fingerprint density at radius 1 is 1.70 bits per heavy atom. The predicted octanol–water partition coefficient (Wildman–Crippen LogP) is -1.92. The first-order valence-electron chi connectivity index (χ1n) is 5.80. The largest absolute Gasteiger partial charge is 0.391 e. The first kappa shape index (κ1) is 13.0. The minimum Gasteiger partial charge on any atom is -0.391 e. The number of aromatic amines is 1. The van der Waals surface area contributed by atoms with Crippen molar-refractivity contribution in [2.45, 2.75) is 18.0 Å². The van der Waals surface area contributed by atoms with Gasteiger partial charge in [-0.2, -0.15) is 4.98 Å². The van der Waals surface area contributed by atoms with Gasteiger partial charge in [0.2, 0.25) is 5.95 Å². The van der Waals surface area contributed by atoms with Crippen LogP contribution in [0.4, 0.5) is 10.3 Å². The number of H-pyrrole nitrogens is 1. The summed E-state index contributed by atoms with van der Waals surface area (Å²) in [4.78, 5) is 21.7. The highest BCUT2D eigenvalue weighted by molar-refractivity contribution is 5.70. The van der Waals surface area contributed by atoms with Crippen LogP contribution in [-0.2, 0) is 10.5 Å². The van der Waals surface area contributed by atoms with Gasteiger partial charge in [0.15, 0.2) is 23.1 Å². The average Bonchev–Trinajstić information content (AvgIpc) is 2.94. The molecule has 0 aliphatic carbocycles. The molecule has 2 aromatic rings. The molecule has 0 saturated carbocycles. The van der Waals surface area contributed by atoms with E-state index in [1.165, 1.54) is 0 Å². The molecule has 2 aromatic heterocycles. The summed E-state index contributed by atoms with van der Waals surface area (Å²) in [6, 6.07) is 0. The van der Waals surface area contributed by atoms with Gasteiger partial charge in [-0.25, -0.2) is 9.37 Å². The Hall–Kier alpha value is -2.04. The second-order valence-electron chi connectivity index (χ2n) is 4.51. The number of anilines is 1. The van der Waals surface area contributed by atoms with Crippen LogP contribution in [0.25, 0.3) is 11.2 Å². The molecule has 1 aliphatic rings. The van der Waals surface area contributed by atoms with E-state index in [0.717, 1.165) is 10.9 Å². The third-order valence-corrected chi connectivity index (χ3v) is 3.36. The Labute approximate surface area is 110 Å². The van der Waals surface area contributed by atoms with Crippen molar-refractivity contribution in [2.24, 2.45) is 0 Å². The Kier molecular flexibility index (Phi) is 2.74. The van der Waals surface area contributed by atoms with Crippen LogP contribution in [0.3, 0.4) is 0 Å². The van der Waals surface area contributed by atoms with E-state index < -0.39 is 30.2 Å². The van der Waals surface area contributed by atoms with Crippen LogP contribution in [-0.4, -0.2) is 55.2 Å². The number of aliphatic hydroxyl groups is 2. The number of nitrogens with zero attached hydrogens (tertiary/aromatic N) is 3. The number of hydrogen-bond donors (Lipinski definition) is 4. The van der Waals surface area contributed by atoms with Crippen molar-refractivity contribution >= 4 is 17.1 Å². The third-order valence-electron chi connectivity index (χ3n) is 3.36. The van der Waals surface area contributed by atoms with Gasteiger partial charge in [0, 0.05) is 0 Å². The molecular weight excluding hydrogens is 273 g/mol. The summed E-state index contributed by atoms with van der Waals surface area (Å²) in [6.45, 7) is -1.10. The van der Waals surface area contributed by atoms with Crippen LogP contribution in [0, 0.1) is 0 Å². The maximum atomic E-state index is 13.5. The fourth-order valence-corrected chi connectivity index (χ4v) is 2.31. The van der Waals surface area contributed by atoms with Gasteiger partial charge in [-0.05, 0) is 0 Å². The zero-order valence-corrected chi connectivity index (χ0v) is 10.2. The number of hydrogen-bond acceptors (Lipinski definition) is 7. The van der Waals surface area contributed by atoms with Crippen LogP contribution < -0.4 is 11.3 Å². The van der Waals surface area contributed by atoms with Crippen LogP contribution in [0.1, 0.15) is 0 Å². The Balaban J connectivity index is 2.26. The summed E-state index contributed by atoms with van der Waals surface area (Å²) < 4.78 is 19.8. The zero-order chi connectivity index (χ0) is 14.5. The lowest BCUT2D eigenvalue weighted by Gasteiger charge is -2.30. The minimum absolute atomic E-state index is 0.00606. The molecule has 10 heteroatoms. The number of aliphatic hydroxyl groups excluding tert-OH is 2. The van der Waals surface area contributed by atoms with Gasteiger partial charge in [0.05, 0.1) is 19.5 Å². The third kappa shape index (κ3) is 1.55. The number of ether oxygens (including phenoxy) is 1. The highest BCUT2D eigenvalue weighted by atomic mass is 19.1. The fourth-order valence-electron chi connectivity index (χ4n) is 2.31. The van der Waals surface area contributed by atoms with Crippen LogP contribution in [0.15, 0.2) is 11.1 Å². The lowest BCUT2D eigenvalue weighted by Crippen LogP contribution is -2.47. The van der Waals surface area contributed by atoms with Crippen LogP contribution in [0.2, 0.25) is 0 Å². The SMILES string of the molecule is Nc1nc2c(ncn2[C@@]2(CO)OC[C@H](F)[C@@H]2O)c(=O)[nH]1. The normalized spacial score (nSPS) is 30.1. The standard InChI is InChI=1S/C10H12FN5O4/c11-4-1-20-10(2-17,6(4)18)16-3-13-5-7(16)14-9(12)15-8(5)19/h3-4,6,17-18H,1-2H2,(H3,12,14,15,19)/t4-,6-,10-/m0/s1. The molecule has 1 aliphatic heterocycles. The van der Waals surface area contributed by atoms with E-state index in [2.05, 4.69) is 15.0 Å². The van der Waals surface area contributed by atoms with E-state index in [1.807, 2.05) is 0 Å². The van der Waals surface area contributed by atoms with Crippen molar-refractivity contribution in [3.05, 3.63) is 16.7 Å². The number of fused-ring (bicyclic) bond motifs is 1. The van der Waals surface area contributed by atoms with E-state index in [9.17, 15) is 19.4 Å². The number of nitrogen functional groups attached to an aromatic ring is 1. The second kappa shape index (κ2) is 4.23. The molecule has 3 atom stereocenters. The molecular formula is C10H12FN5O4. The van der Waals surface area contributed by atoms with E-state index >= 15 is 0 Å². The van der Waals surface area contributed by atoms with E-state index in [0.29, 0.717) is 0 Å². The topological polar surface area (TPSA) is 139 Å². The van der Waals surface area contributed by atoms with Crippen molar-refractivity contribution in [3.8, 4) is 0 Å². The van der Waals surface area contributed by atoms with E-state index in [4.69, 9.17) is 10.5 Å². The summed E-state index contributed by atoms with van der Waals surface area (Å²) in [5.74, 6) is -0.165. The van der Waals surface area contributed by atoms with Crippen LogP contribution in [0.5, 0.6) is 0 Å². The van der Waals surface area contributed by atoms with Crippen molar-refractivity contribution in [2.75, 3.05) is 18.9 Å². The summed E-state index contributed by atoms with van der Waals surface area (Å²) >= 11 is 0. The predicted molar refractivity (Wildman–Crippen MR) is 64.5 cm³/mol. The number of rotatable bonds is 2. The lowest BCUT2D eigenvalue weighted by molar-refractivity contribution is -0.148. The monoisotopic (exact) mass is 285 g/mol. The number of nitrogens with one attached hydrogen (secondary N) is 1. The summed E-state index contributed by atoms with van der Waals surface area (Å²) in [6.07, 6.45) is -2.14. The van der Waals surface area contributed by atoms with Gasteiger partial charge in [0.1, 0.15) is 6.10 Å². The van der Waals surface area contributed by atoms with Gasteiger partial charge in [0.25, 0.3) is 5.56 Å². The molecule has 0 unspecified atom stereocenters. The van der Waals surface area contributed by atoms with Crippen molar-refractivity contribution < 1.29 is 19.3 Å². The molecule has 3 heterocycles. The van der Waals surface area contributed by atoms with Crippen molar-refractivity contribution in [1.82, 2.24) is 19.5 Å². The number of halogens is 1. The molecule has 1 fully saturated rings. The quantitative estimate of drug-likeness (QED) is 0.504. The fraction of sp³-hybridized carbons (Fsp3) is 0.500. The van der Waals surface area contributed by atoms with Gasteiger partial charge in [-0.3, -0.25) is 14.3 Å². The van der Waals surface area contributed by atoms with Gasteiger partial charge in [-0.1, -0.05) is 0 Å². The van der Waals surface area contributed by atoms with Gasteiger partial charge >= 0.3 is 0 Å². The van der Waals surface area contributed by atoms with E-state index in [1.54, 1.807) is 0 Å². The highest BCUT2D eigenvalue weighted by Crippen LogP contribution is 2.34. The Bertz CT molecular complexity index is 715. The second-order valence-corrected chi connectivity index (χ2v) is 4.51. The molecule has 20 heavy (non-hydrogen) atoms. The molecule has 0 aromatic carbocycles. The van der Waals surface area contributed by atoms with Crippen molar-refractivity contribution in [3.63, 3.8) is 0 Å². The summed E-state index contributed by atoms with van der Waals surface area (Å²) in [7, 11) is 0. The molecule has 0 bridgehead atoms. The zero-order valence-electron chi connectivity index (χ0n) is 10.2. The Morgan fingerprint density at radius 2 is 2.45 bits per heavy atom. The molecule has 0 radical (unpaired) electrons. The molecule has 0 spiro atoms. The lowest BCUT2D eigenvalue weighted by atomic mass is 10.1. The molecule has 0 amide bonds. The maximum Gasteiger partial charge on any atom is 0.280 e. The first-order chi connectivity index (χ1) is 9.49. The van der Waals surface area contributed by atoms with Gasteiger partial charge < -0.3 is 20.7 Å². The number of alkyl halides is 1. The van der Waals surface area contributed by atoms with E-state index in [-0.39, 0.29) is 23.7 Å². The van der Waals surface area contributed by atoms with Gasteiger partial charge in [-0.15, -0.1) is 0 Å². The maximum absolute atomic E-state index is 13.5. The smallest absolute Gasteiger partial charge is 0.280 e. The summed E-state index contributed by atoms with van der Waals surface area (Å²) in [5.41, 5.74) is 3.04. The molecule has 3 rings (SSSR count). The molecule has 1 saturated heterocycles. The average molecular weight is 285 g/mol. The first-order valence-corrected chi connectivity index (χ1v) is 5.80. The molecule has 108 valence electrons. The number of aromatic nitrogens is 4. The molecule has 9 nitrogen and oxygen atoms in total. The molecule has 5 N–H and O–H groups in total. The van der Waals surface area contributed by atoms with Crippen LogP contribution >= 0.6 is 0 Å². The Morgan fingerprint density at radius 3 is 3.05 bits per heavy atom.